The number of amides is 1. The first-order chi connectivity index (χ1) is 6.74. The van der Waals surface area contributed by atoms with Gasteiger partial charge >= 0.3 is 0 Å². The molecule has 0 atom stereocenters. The van der Waals surface area contributed by atoms with E-state index in [1.54, 1.807) is 0 Å². The Hall–Kier alpha value is -0.650. The summed E-state index contributed by atoms with van der Waals surface area (Å²) in [4.78, 5) is 15.4. The largest absolute Gasteiger partial charge is 0.316 e. The third-order valence-corrected chi connectivity index (χ3v) is 3.09. The number of hydrogen-bond acceptors (Lipinski definition) is 4. The second-order valence-corrected chi connectivity index (χ2v) is 4.91. The van der Waals surface area contributed by atoms with Gasteiger partial charge in [0.25, 0.3) is 0 Å². The molecule has 0 unspecified atom stereocenters. The Balaban J connectivity index is 1.81. The minimum atomic E-state index is 0.0162. The minimum Gasteiger partial charge on any atom is -0.316 e. The highest BCUT2D eigenvalue weighted by Crippen LogP contribution is 2.22. The molecule has 0 radical (unpaired) electrons. The van der Waals surface area contributed by atoms with Gasteiger partial charge in [-0.05, 0) is 19.0 Å². The third-order valence-electron chi connectivity index (χ3n) is 2.06. The number of anilines is 1. The van der Waals surface area contributed by atoms with Gasteiger partial charge in [-0.15, -0.1) is 0 Å². The van der Waals surface area contributed by atoms with Crippen LogP contribution in [0.15, 0.2) is 6.20 Å². The van der Waals surface area contributed by atoms with Crippen LogP contribution in [-0.4, -0.2) is 24.0 Å². The van der Waals surface area contributed by atoms with Crippen molar-refractivity contribution in [2.24, 2.45) is 5.92 Å². The summed E-state index contributed by atoms with van der Waals surface area (Å²) in [5, 5.41) is 6.41. The number of rotatable bonds is 3. The van der Waals surface area contributed by atoms with Crippen molar-refractivity contribution >= 4 is 34.0 Å². The Morgan fingerprint density at radius 1 is 1.79 bits per heavy atom. The molecule has 1 aliphatic heterocycles. The molecule has 0 saturated carbocycles. The van der Waals surface area contributed by atoms with Crippen LogP contribution in [0.25, 0.3) is 0 Å². The van der Waals surface area contributed by atoms with E-state index < -0.39 is 0 Å². The zero-order chi connectivity index (χ0) is 9.97. The van der Waals surface area contributed by atoms with Crippen LogP contribution < -0.4 is 10.6 Å². The maximum absolute atomic E-state index is 11.4. The van der Waals surface area contributed by atoms with E-state index in [0.29, 0.717) is 21.8 Å². The maximum Gasteiger partial charge on any atom is 0.226 e. The molecule has 76 valence electrons. The second-order valence-electron chi connectivity index (χ2n) is 3.25. The lowest BCUT2D eigenvalue weighted by Crippen LogP contribution is -2.43. The highest BCUT2D eigenvalue weighted by molar-refractivity contribution is 7.19. The van der Waals surface area contributed by atoms with Gasteiger partial charge in [-0.3, -0.25) is 4.79 Å². The summed E-state index contributed by atoms with van der Waals surface area (Å²) in [5.41, 5.74) is 0. The molecule has 2 rings (SSSR count). The quantitative estimate of drug-likeness (QED) is 0.826. The zero-order valence-electron chi connectivity index (χ0n) is 7.42. The van der Waals surface area contributed by atoms with E-state index >= 15 is 0 Å². The smallest absolute Gasteiger partial charge is 0.226 e. The van der Waals surface area contributed by atoms with E-state index in [-0.39, 0.29) is 5.91 Å². The summed E-state index contributed by atoms with van der Waals surface area (Å²) >= 11 is 6.96. The summed E-state index contributed by atoms with van der Waals surface area (Å²) in [6.07, 6.45) is 2.09. The van der Waals surface area contributed by atoms with Gasteiger partial charge in [0.05, 0.1) is 6.20 Å². The normalized spacial score (nSPS) is 16.4. The number of thiazole rings is 1. The number of carbonyl (C=O) groups excluding carboxylic acids is 1. The predicted molar refractivity (Wildman–Crippen MR) is 56.7 cm³/mol. The van der Waals surface area contributed by atoms with Gasteiger partial charge in [-0.2, -0.15) is 0 Å². The summed E-state index contributed by atoms with van der Waals surface area (Å²) in [6.45, 7) is 1.87. The fourth-order valence-corrected chi connectivity index (χ4v) is 2.07. The van der Waals surface area contributed by atoms with Gasteiger partial charge in [0.1, 0.15) is 4.34 Å². The molecule has 0 aromatic carbocycles. The van der Waals surface area contributed by atoms with Crippen LogP contribution in [0.3, 0.4) is 0 Å². The monoisotopic (exact) mass is 231 g/mol. The van der Waals surface area contributed by atoms with Crippen LogP contribution in [0.5, 0.6) is 0 Å². The van der Waals surface area contributed by atoms with E-state index in [4.69, 9.17) is 11.6 Å². The van der Waals surface area contributed by atoms with Crippen LogP contribution in [0, 0.1) is 5.92 Å². The van der Waals surface area contributed by atoms with Crippen LogP contribution in [0.2, 0.25) is 4.34 Å². The molecule has 0 aliphatic carbocycles. The van der Waals surface area contributed by atoms with Gasteiger partial charge in [0, 0.05) is 6.42 Å². The molecule has 0 spiro atoms. The van der Waals surface area contributed by atoms with Crippen molar-refractivity contribution in [3.8, 4) is 0 Å². The molecule has 1 saturated heterocycles. The van der Waals surface area contributed by atoms with Gasteiger partial charge in [-0.1, -0.05) is 22.9 Å². The van der Waals surface area contributed by atoms with Gasteiger partial charge in [0.2, 0.25) is 5.91 Å². The van der Waals surface area contributed by atoms with Crippen LogP contribution in [0.1, 0.15) is 6.42 Å². The molecule has 1 aliphatic rings. The molecule has 2 heterocycles. The maximum atomic E-state index is 11.4. The zero-order valence-corrected chi connectivity index (χ0v) is 8.99. The molecule has 6 heteroatoms. The molecule has 14 heavy (non-hydrogen) atoms. The minimum absolute atomic E-state index is 0.0162. The fraction of sp³-hybridized carbons (Fsp3) is 0.500. The van der Waals surface area contributed by atoms with E-state index in [2.05, 4.69) is 15.6 Å². The van der Waals surface area contributed by atoms with Crippen molar-refractivity contribution in [1.29, 1.82) is 0 Å². The average molecular weight is 232 g/mol. The standard InChI is InChI=1S/C8H10ClN3OS/c9-6-4-11-8(14-6)12-7(13)1-5-2-10-3-5/h4-5,10H,1-3H2,(H,11,12,13). The molecule has 1 fully saturated rings. The Kier molecular flexibility index (Phi) is 3.00. The van der Waals surface area contributed by atoms with Crippen molar-refractivity contribution in [2.75, 3.05) is 18.4 Å². The lowest BCUT2D eigenvalue weighted by Gasteiger charge is -2.25. The van der Waals surface area contributed by atoms with E-state index in [0.717, 1.165) is 13.1 Å². The van der Waals surface area contributed by atoms with Gasteiger partial charge in [-0.25, -0.2) is 4.98 Å². The Morgan fingerprint density at radius 2 is 2.57 bits per heavy atom. The highest BCUT2D eigenvalue weighted by atomic mass is 35.5. The number of nitrogens with zero attached hydrogens (tertiary/aromatic N) is 1. The highest BCUT2D eigenvalue weighted by Gasteiger charge is 2.20. The first kappa shape index (κ1) is 9.89. The van der Waals surface area contributed by atoms with Crippen molar-refractivity contribution in [2.45, 2.75) is 6.42 Å². The van der Waals surface area contributed by atoms with E-state index in [9.17, 15) is 4.79 Å². The van der Waals surface area contributed by atoms with Gasteiger partial charge in [0.15, 0.2) is 5.13 Å². The van der Waals surface area contributed by atoms with E-state index in [1.165, 1.54) is 17.5 Å². The molecule has 1 amide bonds. The summed E-state index contributed by atoms with van der Waals surface area (Å²) in [7, 11) is 0. The molecule has 0 bridgehead atoms. The lowest BCUT2D eigenvalue weighted by atomic mass is 9.99. The predicted octanol–water partition coefficient (Wildman–Crippen LogP) is 1.34. The molecule has 1 aromatic heterocycles. The molecule has 2 N–H and O–H groups in total. The first-order valence-corrected chi connectivity index (χ1v) is 5.55. The van der Waals surface area contributed by atoms with Crippen LogP contribution >= 0.6 is 22.9 Å². The third kappa shape index (κ3) is 2.43. The number of hydrogen-bond donors (Lipinski definition) is 2. The van der Waals surface area contributed by atoms with Crippen LogP contribution in [0.4, 0.5) is 5.13 Å². The average Bonchev–Trinajstić information content (AvgIpc) is 2.44. The van der Waals surface area contributed by atoms with E-state index in [1.807, 2.05) is 0 Å². The van der Waals surface area contributed by atoms with Crippen LogP contribution in [-0.2, 0) is 4.79 Å². The number of halogens is 1. The van der Waals surface area contributed by atoms with Gasteiger partial charge < -0.3 is 10.6 Å². The SMILES string of the molecule is O=C(CC1CNC1)Nc1ncc(Cl)s1. The lowest BCUT2D eigenvalue weighted by molar-refractivity contribution is -0.117. The molecular weight excluding hydrogens is 222 g/mol. The van der Waals surface area contributed by atoms with Crippen molar-refractivity contribution in [3.05, 3.63) is 10.5 Å². The molecule has 4 nitrogen and oxygen atoms in total. The summed E-state index contributed by atoms with van der Waals surface area (Å²) < 4.78 is 0.589. The van der Waals surface area contributed by atoms with Crippen molar-refractivity contribution < 1.29 is 4.79 Å². The fourth-order valence-electron chi connectivity index (χ4n) is 1.24. The number of aromatic nitrogens is 1. The van der Waals surface area contributed by atoms with Crippen molar-refractivity contribution in [1.82, 2.24) is 10.3 Å². The second kappa shape index (κ2) is 4.25. The Bertz CT molecular complexity index is 337. The molecular formula is C8H10ClN3OS. The number of carbonyl (C=O) groups is 1. The first-order valence-electron chi connectivity index (χ1n) is 4.36. The Labute approximate surface area is 90.7 Å². The number of nitrogens with one attached hydrogen (secondary N) is 2. The topological polar surface area (TPSA) is 54.0 Å². The Morgan fingerprint density at radius 3 is 3.07 bits per heavy atom. The molecule has 1 aromatic rings. The van der Waals surface area contributed by atoms with Crippen molar-refractivity contribution in [3.63, 3.8) is 0 Å². The summed E-state index contributed by atoms with van der Waals surface area (Å²) in [5.74, 6) is 0.493. The summed E-state index contributed by atoms with van der Waals surface area (Å²) in [6, 6.07) is 0.